The molecule has 1 heterocycles. The van der Waals surface area contributed by atoms with Crippen molar-refractivity contribution in [3.63, 3.8) is 0 Å². The minimum atomic E-state index is -0.387. The van der Waals surface area contributed by atoms with Gasteiger partial charge in [-0.05, 0) is 25.0 Å². The first kappa shape index (κ1) is 14.2. The summed E-state index contributed by atoms with van der Waals surface area (Å²) in [5.74, 6) is 0. The second-order valence-electron chi connectivity index (χ2n) is 4.78. The van der Waals surface area contributed by atoms with E-state index in [1.54, 1.807) is 6.20 Å². The predicted molar refractivity (Wildman–Crippen MR) is 71.9 cm³/mol. The molecule has 96 valence electrons. The van der Waals surface area contributed by atoms with E-state index in [2.05, 4.69) is 11.9 Å². The number of hydrogen-bond acceptors (Lipinski definition) is 2. The quantitative estimate of drug-likeness (QED) is 0.686. The molecule has 1 unspecified atom stereocenters. The molecule has 1 N–H and O–H groups in total. The second kappa shape index (κ2) is 8.24. The number of aliphatic hydroxyl groups excluding tert-OH is 1. The number of rotatable bonds is 8. The SMILES string of the molecule is CCCCCCCCC(O)c1ncccc1C. The van der Waals surface area contributed by atoms with E-state index in [0.717, 1.165) is 24.1 Å². The fourth-order valence-corrected chi connectivity index (χ4v) is 2.10. The predicted octanol–water partition coefficient (Wildman–Crippen LogP) is 4.17. The summed E-state index contributed by atoms with van der Waals surface area (Å²) in [6.45, 7) is 4.24. The largest absolute Gasteiger partial charge is 0.387 e. The molecule has 0 radical (unpaired) electrons. The molecule has 0 aliphatic carbocycles. The smallest absolute Gasteiger partial charge is 0.0962 e. The lowest BCUT2D eigenvalue weighted by molar-refractivity contribution is 0.158. The summed E-state index contributed by atoms with van der Waals surface area (Å²) < 4.78 is 0. The first-order chi connectivity index (χ1) is 8.25. The Labute approximate surface area is 105 Å². The van der Waals surface area contributed by atoms with E-state index in [1.165, 1.54) is 32.1 Å². The monoisotopic (exact) mass is 235 g/mol. The Balaban J connectivity index is 2.21. The highest BCUT2D eigenvalue weighted by molar-refractivity contribution is 5.19. The summed E-state index contributed by atoms with van der Waals surface area (Å²) >= 11 is 0. The summed E-state index contributed by atoms with van der Waals surface area (Å²) in [6.07, 6.45) is 9.78. The highest BCUT2D eigenvalue weighted by atomic mass is 16.3. The molecule has 2 heteroatoms. The van der Waals surface area contributed by atoms with Gasteiger partial charge in [0.2, 0.25) is 0 Å². The normalized spacial score (nSPS) is 12.6. The molecule has 1 atom stereocenters. The van der Waals surface area contributed by atoms with E-state index in [9.17, 15) is 5.11 Å². The second-order valence-corrected chi connectivity index (χ2v) is 4.78. The van der Waals surface area contributed by atoms with Gasteiger partial charge in [0.1, 0.15) is 0 Å². The zero-order valence-electron chi connectivity index (χ0n) is 11.2. The molecule has 1 aromatic heterocycles. The van der Waals surface area contributed by atoms with Crippen LogP contribution in [-0.2, 0) is 0 Å². The van der Waals surface area contributed by atoms with Crippen molar-refractivity contribution < 1.29 is 5.11 Å². The highest BCUT2D eigenvalue weighted by Gasteiger charge is 2.10. The van der Waals surface area contributed by atoms with Gasteiger partial charge in [0.15, 0.2) is 0 Å². The molecule has 1 rings (SSSR count). The number of aromatic nitrogens is 1. The van der Waals surface area contributed by atoms with Crippen molar-refractivity contribution in [1.29, 1.82) is 0 Å². The molecule has 2 nitrogen and oxygen atoms in total. The van der Waals surface area contributed by atoms with Crippen LogP contribution in [0.3, 0.4) is 0 Å². The maximum Gasteiger partial charge on any atom is 0.0962 e. The van der Waals surface area contributed by atoms with Gasteiger partial charge in [-0.2, -0.15) is 0 Å². The third-order valence-corrected chi connectivity index (χ3v) is 3.20. The first-order valence-corrected chi connectivity index (χ1v) is 6.85. The van der Waals surface area contributed by atoms with Gasteiger partial charge in [-0.15, -0.1) is 0 Å². The van der Waals surface area contributed by atoms with E-state index in [-0.39, 0.29) is 6.10 Å². The molecule has 0 aromatic carbocycles. The molecule has 1 aromatic rings. The van der Waals surface area contributed by atoms with Crippen LogP contribution in [0.4, 0.5) is 0 Å². The van der Waals surface area contributed by atoms with Crippen LogP contribution in [0, 0.1) is 6.92 Å². The van der Waals surface area contributed by atoms with Crippen LogP contribution in [0.25, 0.3) is 0 Å². The van der Waals surface area contributed by atoms with E-state index in [4.69, 9.17) is 0 Å². The van der Waals surface area contributed by atoms with Crippen LogP contribution in [-0.4, -0.2) is 10.1 Å². The number of nitrogens with zero attached hydrogens (tertiary/aromatic N) is 1. The van der Waals surface area contributed by atoms with Crippen molar-refractivity contribution in [1.82, 2.24) is 4.98 Å². The standard InChI is InChI=1S/C15H25NO/c1-3-4-5-6-7-8-11-14(17)15-13(2)10-9-12-16-15/h9-10,12,14,17H,3-8,11H2,1-2H3. The Morgan fingerprint density at radius 3 is 2.59 bits per heavy atom. The Morgan fingerprint density at radius 2 is 1.88 bits per heavy atom. The summed E-state index contributed by atoms with van der Waals surface area (Å²) in [7, 11) is 0. The van der Waals surface area contributed by atoms with Crippen LogP contribution in [0.1, 0.15) is 69.2 Å². The number of aliphatic hydroxyl groups is 1. The van der Waals surface area contributed by atoms with Gasteiger partial charge in [-0.25, -0.2) is 0 Å². The maximum atomic E-state index is 10.0. The lowest BCUT2D eigenvalue weighted by Gasteiger charge is -2.12. The van der Waals surface area contributed by atoms with E-state index < -0.39 is 0 Å². The minimum Gasteiger partial charge on any atom is -0.387 e. The molecule has 0 aliphatic heterocycles. The summed E-state index contributed by atoms with van der Waals surface area (Å²) in [5.41, 5.74) is 1.94. The van der Waals surface area contributed by atoms with E-state index in [0.29, 0.717) is 0 Å². The lowest BCUT2D eigenvalue weighted by atomic mass is 10.0. The highest BCUT2D eigenvalue weighted by Crippen LogP contribution is 2.20. The molecule has 0 amide bonds. The van der Waals surface area contributed by atoms with Crippen molar-refractivity contribution in [3.05, 3.63) is 29.6 Å². The Kier molecular flexibility index (Phi) is 6.87. The number of aryl methyl sites for hydroxylation is 1. The van der Waals surface area contributed by atoms with E-state index in [1.807, 2.05) is 19.1 Å². The van der Waals surface area contributed by atoms with Gasteiger partial charge in [0.25, 0.3) is 0 Å². The molecule has 0 bridgehead atoms. The molecular formula is C15H25NO. The lowest BCUT2D eigenvalue weighted by Crippen LogP contribution is -2.02. The average Bonchev–Trinajstić information content (AvgIpc) is 2.34. The topological polar surface area (TPSA) is 33.1 Å². The minimum absolute atomic E-state index is 0.387. The zero-order valence-corrected chi connectivity index (χ0v) is 11.2. The number of hydrogen-bond donors (Lipinski definition) is 1. The summed E-state index contributed by atoms with van der Waals surface area (Å²) in [4.78, 5) is 4.26. The van der Waals surface area contributed by atoms with Crippen molar-refractivity contribution in [2.24, 2.45) is 0 Å². The first-order valence-electron chi connectivity index (χ1n) is 6.85. The van der Waals surface area contributed by atoms with Crippen LogP contribution in [0.2, 0.25) is 0 Å². The van der Waals surface area contributed by atoms with Gasteiger partial charge in [0.05, 0.1) is 11.8 Å². The van der Waals surface area contributed by atoms with Gasteiger partial charge in [-0.3, -0.25) is 4.98 Å². The van der Waals surface area contributed by atoms with Crippen LogP contribution in [0.5, 0.6) is 0 Å². The molecule has 0 saturated carbocycles. The fraction of sp³-hybridized carbons (Fsp3) is 0.667. The third-order valence-electron chi connectivity index (χ3n) is 3.20. The van der Waals surface area contributed by atoms with Crippen molar-refractivity contribution in [2.45, 2.75) is 64.9 Å². The van der Waals surface area contributed by atoms with Crippen molar-refractivity contribution in [3.8, 4) is 0 Å². The molecule has 0 spiro atoms. The fourth-order valence-electron chi connectivity index (χ4n) is 2.10. The molecule has 0 saturated heterocycles. The average molecular weight is 235 g/mol. The third kappa shape index (κ3) is 5.31. The number of unbranched alkanes of at least 4 members (excludes halogenated alkanes) is 5. The molecular weight excluding hydrogens is 210 g/mol. The molecule has 0 fully saturated rings. The zero-order chi connectivity index (χ0) is 12.5. The van der Waals surface area contributed by atoms with Crippen molar-refractivity contribution >= 4 is 0 Å². The van der Waals surface area contributed by atoms with Crippen LogP contribution in [0.15, 0.2) is 18.3 Å². The van der Waals surface area contributed by atoms with Crippen LogP contribution >= 0.6 is 0 Å². The summed E-state index contributed by atoms with van der Waals surface area (Å²) in [6, 6.07) is 3.92. The Bertz CT molecular complexity index is 312. The maximum absolute atomic E-state index is 10.0. The van der Waals surface area contributed by atoms with Crippen molar-refractivity contribution in [2.75, 3.05) is 0 Å². The van der Waals surface area contributed by atoms with Gasteiger partial charge in [-0.1, -0.05) is 51.5 Å². The van der Waals surface area contributed by atoms with Gasteiger partial charge < -0.3 is 5.11 Å². The van der Waals surface area contributed by atoms with Crippen LogP contribution < -0.4 is 0 Å². The molecule has 0 aliphatic rings. The van der Waals surface area contributed by atoms with E-state index >= 15 is 0 Å². The Hall–Kier alpha value is -0.890. The summed E-state index contributed by atoms with van der Waals surface area (Å²) in [5, 5.41) is 10.0. The van der Waals surface area contributed by atoms with Gasteiger partial charge >= 0.3 is 0 Å². The molecule has 17 heavy (non-hydrogen) atoms. The Morgan fingerprint density at radius 1 is 1.18 bits per heavy atom. The number of pyridine rings is 1. The van der Waals surface area contributed by atoms with Gasteiger partial charge in [0, 0.05) is 6.20 Å².